The first-order chi connectivity index (χ1) is 10.6. The summed E-state index contributed by atoms with van der Waals surface area (Å²) in [6, 6.07) is 10.5. The van der Waals surface area contributed by atoms with Crippen LogP contribution in [-0.4, -0.2) is 22.8 Å². The fourth-order valence-electron chi connectivity index (χ4n) is 2.68. The molecule has 1 heterocycles. The van der Waals surface area contributed by atoms with E-state index in [2.05, 4.69) is 0 Å². The zero-order chi connectivity index (χ0) is 15.7. The maximum atomic E-state index is 11.3. The molecule has 2 N–H and O–H groups in total. The number of carboxylic acids is 1. The van der Waals surface area contributed by atoms with Crippen molar-refractivity contribution >= 4 is 5.97 Å². The first kappa shape index (κ1) is 14.3. The summed E-state index contributed by atoms with van der Waals surface area (Å²) in [5.74, 6) is -0.0906. The van der Waals surface area contributed by atoms with Gasteiger partial charge >= 0.3 is 5.97 Å². The van der Waals surface area contributed by atoms with Gasteiger partial charge in [-0.3, -0.25) is 0 Å². The normalized spacial score (nSPS) is 16.0. The van der Waals surface area contributed by atoms with Crippen LogP contribution in [0.25, 0.3) is 0 Å². The van der Waals surface area contributed by atoms with Gasteiger partial charge in [0.15, 0.2) is 0 Å². The zero-order valence-electron chi connectivity index (χ0n) is 12.1. The van der Waals surface area contributed by atoms with Gasteiger partial charge < -0.3 is 19.7 Å². The van der Waals surface area contributed by atoms with Crippen LogP contribution >= 0.6 is 0 Å². The number of hydrogen-bond donors (Lipinski definition) is 2. The molecule has 1 aliphatic rings. The summed E-state index contributed by atoms with van der Waals surface area (Å²) in [6.07, 6.45) is 0.157. The number of benzene rings is 2. The van der Waals surface area contributed by atoms with Gasteiger partial charge in [-0.1, -0.05) is 12.1 Å². The number of fused-ring (bicyclic) bond motifs is 1. The largest absolute Gasteiger partial charge is 0.507 e. The van der Waals surface area contributed by atoms with Gasteiger partial charge in [-0.15, -0.1) is 0 Å². The van der Waals surface area contributed by atoms with Crippen LogP contribution in [0.15, 0.2) is 36.4 Å². The van der Waals surface area contributed by atoms with E-state index in [-0.39, 0.29) is 17.4 Å². The molecule has 0 aliphatic carbocycles. The number of carbonyl (C=O) groups is 1. The Labute approximate surface area is 127 Å². The summed E-state index contributed by atoms with van der Waals surface area (Å²) in [4.78, 5) is 11.3. The number of aromatic hydroxyl groups is 1. The molecular weight excluding hydrogens is 284 g/mol. The highest BCUT2D eigenvalue weighted by atomic mass is 16.5. The monoisotopic (exact) mass is 300 g/mol. The van der Waals surface area contributed by atoms with Crippen LogP contribution in [0.3, 0.4) is 0 Å². The summed E-state index contributed by atoms with van der Waals surface area (Å²) >= 11 is 0. The molecular formula is C17H16O5. The summed E-state index contributed by atoms with van der Waals surface area (Å²) in [6.45, 7) is 2.52. The Morgan fingerprint density at radius 1 is 1.27 bits per heavy atom. The van der Waals surface area contributed by atoms with Crippen molar-refractivity contribution in [2.75, 3.05) is 6.61 Å². The Morgan fingerprint density at radius 3 is 2.64 bits per heavy atom. The molecule has 5 nitrogen and oxygen atoms in total. The molecule has 1 atom stereocenters. The minimum absolute atomic E-state index is 0.0778. The van der Waals surface area contributed by atoms with Gasteiger partial charge in [0.1, 0.15) is 28.9 Å². The van der Waals surface area contributed by atoms with Crippen LogP contribution in [0, 0.1) is 0 Å². The average molecular weight is 300 g/mol. The highest BCUT2D eigenvalue weighted by molar-refractivity contribution is 5.93. The molecule has 5 heteroatoms. The summed E-state index contributed by atoms with van der Waals surface area (Å²) < 4.78 is 11.2. The molecule has 0 amide bonds. The van der Waals surface area contributed by atoms with E-state index in [9.17, 15) is 15.0 Å². The van der Waals surface area contributed by atoms with E-state index in [1.807, 2.05) is 31.2 Å². The van der Waals surface area contributed by atoms with Gasteiger partial charge in [-0.25, -0.2) is 4.79 Å². The van der Waals surface area contributed by atoms with E-state index < -0.39 is 5.97 Å². The molecule has 0 radical (unpaired) electrons. The Morgan fingerprint density at radius 2 is 2.00 bits per heavy atom. The van der Waals surface area contributed by atoms with Crippen molar-refractivity contribution in [3.05, 3.63) is 53.1 Å². The van der Waals surface area contributed by atoms with Crippen LogP contribution in [0.4, 0.5) is 0 Å². The van der Waals surface area contributed by atoms with E-state index in [0.717, 1.165) is 11.3 Å². The van der Waals surface area contributed by atoms with Crippen molar-refractivity contribution in [2.45, 2.75) is 19.4 Å². The molecule has 0 bridgehead atoms. The molecule has 0 fully saturated rings. The lowest BCUT2D eigenvalue weighted by molar-refractivity contribution is 0.0692. The lowest BCUT2D eigenvalue weighted by Gasteiger charge is -2.11. The number of phenols is 1. The molecule has 0 aromatic heterocycles. The van der Waals surface area contributed by atoms with Gasteiger partial charge in [0.25, 0.3) is 0 Å². The van der Waals surface area contributed by atoms with Crippen molar-refractivity contribution in [3.63, 3.8) is 0 Å². The zero-order valence-corrected chi connectivity index (χ0v) is 12.1. The quantitative estimate of drug-likeness (QED) is 0.907. The van der Waals surface area contributed by atoms with E-state index in [1.165, 1.54) is 6.07 Å². The second kappa shape index (κ2) is 5.60. The third-order valence-electron chi connectivity index (χ3n) is 3.68. The fraction of sp³-hybridized carbons (Fsp3) is 0.235. The molecule has 114 valence electrons. The van der Waals surface area contributed by atoms with Gasteiger partial charge in [0, 0.05) is 12.0 Å². The van der Waals surface area contributed by atoms with E-state index in [1.54, 1.807) is 6.07 Å². The van der Waals surface area contributed by atoms with E-state index in [0.29, 0.717) is 24.3 Å². The summed E-state index contributed by atoms with van der Waals surface area (Å²) in [5.41, 5.74) is 1.40. The second-order valence-corrected chi connectivity index (χ2v) is 5.05. The van der Waals surface area contributed by atoms with Crippen LogP contribution in [0.1, 0.15) is 34.5 Å². The van der Waals surface area contributed by atoms with Crippen molar-refractivity contribution in [2.24, 2.45) is 0 Å². The van der Waals surface area contributed by atoms with Gasteiger partial charge in [0.05, 0.1) is 6.61 Å². The number of hydrogen-bond acceptors (Lipinski definition) is 4. The minimum Gasteiger partial charge on any atom is -0.507 e. The number of carboxylic acid groups (broad SMARTS) is 1. The lowest BCUT2D eigenvalue weighted by atomic mass is 9.99. The summed E-state index contributed by atoms with van der Waals surface area (Å²) in [5, 5.41) is 19.0. The molecule has 1 aliphatic heterocycles. The predicted molar refractivity (Wildman–Crippen MR) is 79.8 cm³/mol. The van der Waals surface area contributed by atoms with Gasteiger partial charge in [-0.05, 0) is 36.8 Å². The highest BCUT2D eigenvalue weighted by Gasteiger charge is 2.30. The molecule has 2 aromatic carbocycles. The van der Waals surface area contributed by atoms with E-state index >= 15 is 0 Å². The van der Waals surface area contributed by atoms with Crippen LogP contribution in [-0.2, 0) is 6.42 Å². The van der Waals surface area contributed by atoms with Gasteiger partial charge in [-0.2, -0.15) is 0 Å². The Balaban J connectivity index is 1.88. The predicted octanol–water partition coefficient (Wildman–Crippen LogP) is 3.17. The molecule has 0 saturated heterocycles. The second-order valence-electron chi connectivity index (χ2n) is 5.05. The number of ether oxygens (including phenoxy) is 2. The smallest absolute Gasteiger partial charge is 0.339 e. The summed E-state index contributed by atoms with van der Waals surface area (Å²) in [7, 11) is 0. The van der Waals surface area contributed by atoms with Crippen molar-refractivity contribution in [1.82, 2.24) is 0 Å². The highest BCUT2D eigenvalue weighted by Crippen LogP contribution is 2.41. The lowest BCUT2D eigenvalue weighted by Crippen LogP contribution is -2.04. The van der Waals surface area contributed by atoms with Crippen LogP contribution in [0.2, 0.25) is 0 Å². The maximum Gasteiger partial charge on any atom is 0.339 e. The SMILES string of the molecule is CCOc1ccc(C2Cc3c(ccc(O)c3C(=O)O)O2)cc1. The molecule has 2 aromatic rings. The topological polar surface area (TPSA) is 76.0 Å². The van der Waals surface area contributed by atoms with Crippen molar-refractivity contribution < 1.29 is 24.5 Å². The van der Waals surface area contributed by atoms with Crippen LogP contribution < -0.4 is 9.47 Å². The molecule has 0 spiro atoms. The molecule has 22 heavy (non-hydrogen) atoms. The van der Waals surface area contributed by atoms with Gasteiger partial charge in [0.2, 0.25) is 0 Å². The number of aromatic carboxylic acids is 1. The Kier molecular flexibility index (Phi) is 3.63. The average Bonchev–Trinajstić information content (AvgIpc) is 2.91. The van der Waals surface area contributed by atoms with Crippen LogP contribution in [0.5, 0.6) is 17.2 Å². The third kappa shape index (κ3) is 2.45. The van der Waals surface area contributed by atoms with Crippen molar-refractivity contribution in [1.29, 1.82) is 0 Å². The first-order valence-electron chi connectivity index (χ1n) is 7.07. The number of rotatable bonds is 4. The van der Waals surface area contributed by atoms with E-state index in [4.69, 9.17) is 9.47 Å². The first-order valence-corrected chi connectivity index (χ1v) is 7.07. The fourth-order valence-corrected chi connectivity index (χ4v) is 2.68. The Hall–Kier alpha value is -2.69. The Bertz CT molecular complexity index is 706. The third-order valence-corrected chi connectivity index (χ3v) is 3.68. The molecule has 0 saturated carbocycles. The maximum absolute atomic E-state index is 11.3. The molecule has 3 rings (SSSR count). The standard InChI is InChI=1S/C17H16O5/c1-2-21-11-5-3-10(4-6-11)15-9-12-14(22-15)8-7-13(18)16(12)17(19)20/h3-8,15,18H,2,9H2,1H3,(H,19,20). The van der Waals surface area contributed by atoms with Crippen molar-refractivity contribution in [3.8, 4) is 17.2 Å². The molecule has 1 unspecified atom stereocenters. The minimum atomic E-state index is -1.15.